The fourth-order valence-electron chi connectivity index (χ4n) is 1.73. The Kier molecular flexibility index (Phi) is 2.22. The summed E-state index contributed by atoms with van der Waals surface area (Å²) in [5, 5.41) is 9.88. The second kappa shape index (κ2) is 3.33. The van der Waals surface area contributed by atoms with E-state index in [1.807, 2.05) is 0 Å². The minimum absolute atomic E-state index is 0.339. The van der Waals surface area contributed by atoms with Gasteiger partial charge in [-0.25, -0.2) is 4.39 Å². The van der Waals surface area contributed by atoms with Gasteiger partial charge in [-0.1, -0.05) is 0 Å². The molecule has 0 fully saturated rings. The maximum Gasteiger partial charge on any atom is 0.313 e. The van der Waals surface area contributed by atoms with Crippen LogP contribution in [0, 0.1) is 5.82 Å². The van der Waals surface area contributed by atoms with Crippen molar-refractivity contribution in [1.29, 1.82) is 0 Å². The normalized spacial score (nSPS) is 11.9. The Hall–Kier alpha value is -1.84. The lowest BCUT2D eigenvalue weighted by atomic mass is 9.85. The zero-order valence-electron chi connectivity index (χ0n) is 9.04. The number of aromatic nitrogens is 1. The van der Waals surface area contributed by atoms with Crippen LogP contribution in [0.4, 0.5) is 4.39 Å². The molecule has 3 nitrogen and oxygen atoms in total. The van der Waals surface area contributed by atoms with Crippen LogP contribution >= 0.6 is 0 Å². The molecule has 2 N–H and O–H groups in total. The van der Waals surface area contributed by atoms with Crippen LogP contribution in [0.3, 0.4) is 0 Å². The predicted octanol–water partition coefficient (Wildman–Crippen LogP) is 2.67. The Morgan fingerprint density at radius 3 is 2.75 bits per heavy atom. The summed E-state index contributed by atoms with van der Waals surface area (Å²) in [4.78, 5) is 14.0. The van der Waals surface area contributed by atoms with E-state index in [2.05, 4.69) is 4.98 Å². The summed E-state index contributed by atoms with van der Waals surface area (Å²) in [7, 11) is 0. The van der Waals surface area contributed by atoms with Crippen LogP contribution in [0.2, 0.25) is 0 Å². The molecular weight excluding hydrogens is 209 g/mol. The molecule has 16 heavy (non-hydrogen) atoms. The number of carboxylic acid groups (broad SMARTS) is 1. The summed E-state index contributed by atoms with van der Waals surface area (Å²) >= 11 is 0. The second-order valence-corrected chi connectivity index (χ2v) is 4.32. The van der Waals surface area contributed by atoms with Crippen LogP contribution in [0.5, 0.6) is 0 Å². The highest BCUT2D eigenvalue weighted by Gasteiger charge is 2.31. The Labute approximate surface area is 91.9 Å². The molecule has 4 heteroatoms. The van der Waals surface area contributed by atoms with Crippen molar-refractivity contribution in [2.45, 2.75) is 19.3 Å². The van der Waals surface area contributed by atoms with Gasteiger partial charge < -0.3 is 10.1 Å². The van der Waals surface area contributed by atoms with Crippen LogP contribution in [0.1, 0.15) is 19.4 Å². The number of halogens is 1. The minimum atomic E-state index is -0.990. The highest BCUT2D eigenvalue weighted by Crippen LogP contribution is 2.30. The zero-order chi connectivity index (χ0) is 11.9. The van der Waals surface area contributed by atoms with E-state index in [0.29, 0.717) is 11.1 Å². The number of carbonyl (C=O) groups is 1. The molecule has 0 bridgehead atoms. The third-order valence-electron chi connectivity index (χ3n) is 2.85. The van der Waals surface area contributed by atoms with Gasteiger partial charge in [-0.2, -0.15) is 0 Å². The van der Waals surface area contributed by atoms with E-state index in [0.717, 1.165) is 5.39 Å². The first-order valence-corrected chi connectivity index (χ1v) is 4.93. The van der Waals surface area contributed by atoms with E-state index in [4.69, 9.17) is 5.11 Å². The zero-order valence-corrected chi connectivity index (χ0v) is 9.04. The molecule has 1 aromatic heterocycles. The van der Waals surface area contributed by atoms with Crippen LogP contribution in [-0.4, -0.2) is 16.1 Å². The maximum atomic E-state index is 13.0. The number of rotatable bonds is 2. The van der Waals surface area contributed by atoms with Crippen molar-refractivity contribution >= 4 is 16.9 Å². The molecule has 0 aliphatic carbocycles. The van der Waals surface area contributed by atoms with Crippen LogP contribution < -0.4 is 0 Å². The molecule has 0 aliphatic rings. The van der Waals surface area contributed by atoms with E-state index in [9.17, 15) is 9.18 Å². The van der Waals surface area contributed by atoms with E-state index in [-0.39, 0.29) is 5.82 Å². The molecule has 0 spiro atoms. The fourth-order valence-corrected chi connectivity index (χ4v) is 1.73. The van der Waals surface area contributed by atoms with Crippen molar-refractivity contribution in [1.82, 2.24) is 4.98 Å². The molecule has 1 aromatic carbocycles. The summed E-state index contributed by atoms with van der Waals surface area (Å²) in [6.45, 7) is 3.25. The van der Waals surface area contributed by atoms with Gasteiger partial charge in [0.15, 0.2) is 0 Å². The summed E-state index contributed by atoms with van der Waals surface area (Å²) in [5.41, 5.74) is 0.287. The molecular formula is C12H12FNO2. The highest BCUT2D eigenvalue weighted by molar-refractivity contribution is 5.91. The van der Waals surface area contributed by atoms with Gasteiger partial charge in [0, 0.05) is 17.1 Å². The number of carboxylic acids is 1. The number of H-pyrrole nitrogens is 1. The monoisotopic (exact) mass is 221 g/mol. The van der Waals surface area contributed by atoms with E-state index < -0.39 is 11.4 Å². The summed E-state index contributed by atoms with van der Waals surface area (Å²) < 4.78 is 13.0. The first-order valence-electron chi connectivity index (χ1n) is 4.93. The molecule has 0 unspecified atom stereocenters. The standard InChI is InChI=1S/C12H12FNO2/c1-12(2,11(15)16)9-6-14-10-5-7(13)3-4-8(9)10/h3-6,14H,1-2H3,(H,15,16). The maximum absolute atomic E-state index is 13.0. The molecule has 0 saturated carbocycles. The van der Waals surface area contributed by atoms with Gasteiger partial charge in [-0.05, 0) is 37.6 Å². The average Bonchev–Trinajstić information content (AvgIpc) is 2.60. The summed E-state index contributed by atoms with van der Waals surface area (Å²) in [5.74, 6) is -1.24. The lowest BCUT2D eigenvalue weighted by Crippen LogP contribution is -2.28. The van der Waals surface area contributed by atoms with E-state index in [1.165, 1.54) is 12.1 Å². The summed E-state index contributed by atoms with van der Waals surface area (Å²) in [6, 6.07) is 4.29. The number of fused-ring (bicyclic) bond motifs is 1. The van der Waals surface area contributed by atoms with Gasteiger partial charge in [-0.3, -0.25) is 4.79 Å². The van der Waals surface area contributed by atoms with Gasteiger partial charge in [0.2, 0.25) is 0 Å². The van der Waals surface area contributed by atoms with Gasteiger partial charge in [0.1, 0.15) is 5.82 Å². The van der Waals surface area contributed by atoms with Crippen molar-refractivity contribution in [2.24, 2.45) is 0 Å². The average molecular weight is 221 g/mol. The molecule has 2 rings (SSSR count). The van der Waals surface area contributed by atoms with Crippen LogP contribution in [0.15, 0.2) is 24.4 Å². The van der Waals surface area contributed by atoms with Gasteiger partial charge in [-0.15, -0.1) is 0 Å². The first-order chi connectivity index (χ1) is 7.43. The molecule has 0 aliphatic heterocycles. The molecule has 2 aromatic rings. The Balaban J connectivity index is 2.67. The Morgan fingerprint density at radius 2 is 2.12 bits per heavy atom. The fraction of sp³-hybridized carbons (Fsp3) is 0.250. The molecule has 84 valence electrons. The topological polar surface area (TPSA) is 53.1 Å². The molecule has 0 saturated heterocycles. The lowest BCUT2D eigenvalue weighted by Gasteiger charge is -2.18. The SMILES string of the molecule is CC(C)(C(=O)O)c1c[nH]c2cc(F)ccc12. The number of benzene rings is 1. The van der Waals surface area contributed by atoms with Crippen LogP contribution in [0.25, 0.3) is 10.9 Å². The van der Waals surface area contributed by atoms with Crippen molar-refractivity contribution in [3.05, 3.63) is 35.8 Å². The molecule has 1 heterocycles. The number of nitrogens with one attached hydrogen (secondary N) is 1. The quantitative estimate of drug-likeness (QED) is 0.819. The number of hydrogen-bond acceptors (Lipinski definition) is 1. The molecule has 0 atom stereocenters. The highest BCUT2D eigenvalue weighted by atomic mass is 19.1. The molecule has 0 amide bonds. The first kappa shape index (κ1) is 10.7. The number of aromatic amines is 1. The number of aliphatic carboxylic acids is 1. The van der Waals surface area contributed by atoms with E-state index >= 15 is 0 Å². The lowest BCUT2D eigenvalue weighted by molar-refractivity contribution is -0.142. The third-order valence-corrected chi connectivity index (χ3v) is 2.85. The van der Waals surface area contributed by atoms with Gasteiger partial charge in [0.05, 0.1) is 5.41 Å². The smallest absolute Gasteiger partial charge is 0.313 e. The largest absolute Gasteiger partial charge is 0.481 e. The Bertz CT molecular complexity index is 557. The van der Waals surface area contributed by atoms with Crippen LogP contribution in [-0.2, 0) is 10.2 Å². The van der Waals surface area contributed by atoms with Crippen molar-refractivity contribution in [3.8, 4) is 0 Å². The van der Waals surface area contributed by atoms with Gasteiger partial charge in [0.25, 0.3) is 0 Å². The molecule has 0 radical (unpaired) electrons. The Morgan fingerprint density at radius 1 is 1.44 bits per heavy atom. The van der Waals surface area contributed by atoms with Crippen molar-refractivity contribution < 1.29 is 14.3 Å². The van der Waals surface area contributed by atoms with Crippen molar-refractivity contribution in [2.75, 3.05) is 0 Å². The van der Waals surface area contributed by atoms with E-state index in [1.54, 1.807) is 26.1 Å². The van der Waals surface area contributed by atoms with Gasteiger partial charge >= 0.3 is 5.97 Å². The van der Waals surface area contributed by atoms with Crippen molar-refractivity contribution in [3.63, 3.8) is 0 Å². The predicted molar refractivity (Wildman–Crippen MR) is 58.9 cm³/mol. The minimum Gasteiger partial charge on any atom is -0.481 e. The number of hydrogen-bond donors (Lipinski definition) is 2. The second-order valence-electron chi connectivity index (χ2n) is 4.32. The third kappa shape index (κ3) is 1.46. The summed E-state index contributed by atoms with van der Waals surface area (Å²) in [6.07, 6.45) is 1.62.